The monoisotopic (exact) mass is 362 g/mol. The first-order chi connectivity index (χ1) is 11.7. The van der Waals surface area contributed by atoms with Crippen LogP contribution >= 0.6 is 0 Å². The molecular weight excluding hydrogens is 336 g/mol. The van der Waals surface area contributed by atoms with E-state index in [1.165, 1.54) is 4.31 Å². The Kier molecular flexibility index (Phi) is 3.61. The van der Waals surface area contributed by atoms with E-state index in [-0.39, 0.29) is 22.6 Å². The van der Waals surface area contributed by atoms with Crippen LogP contribution in [-0.2, 0) is 21.2 Å². The largest absolute Gasteiger partial charge is 0.320 e. The minimum absolute atomic E-state index is 0.0384. The maximum atomic E-state index is 13.0. The van der Waals surface area contributed by atoms with Crippen molar-refractivity contribution in [2.24, 2.45) is 22.5 Å². The standard InChI is InChI=1S/C19H26N2O3S/c1-18(2)14-8-9-19(18)12-25(23,24)21(16(19)11-14)17(22)15(20)10-13-6-4-3-5-7-13/h3-7,14-16H,8-12,20H2,1-2H3/t14-,15-,16-,19-/m1/s1. The number of nitrogens with two attached hydrogens (primary N) is 1. The molecule has 2 saturated carbocycles. The fourth-order valence-electron chi connectivity index (χ4n) is 5.70. The van der Waals surface area contributed by atoms with Crippen LogP contribution in [0.2, 0.25) is 0 Å². The van der Waals surface area contributed by atoms with E-state index < -0.39 is 22.0 Å². The van der Waals surface area contributed by atoms with Gasteiger partial charge in [0.1, 0.15) is 0 Å². The maximum absolute atomic E-state index is 13.0. The summed E-state index contributed by atoms with van der Waals surface area (Å²) in [5, 5.41) is 0. The second-order valence-corrected chi connectivity index (χ2v) is 10.4. The zero-order valence-electron chi connectivity index (χ0n) is 14.8. The van der Waals surface area contributed by atoms with Crippen molar-refractivity contribution in [1.29, 1.82) is 0 Å². The van der Waals surface area contributed by atoms with E-state index >= 15 is 0 Å². The number of carbonyl (C=O) groups is 1. The van der Waals surface area contributed by atoms with E-state index in [1.807, 2.05) is 30.3 Å². The first-order valence-electron chi connectivity index (χ1n) is 9.04. The normalized spacial score (nSPS) is 35.6. The van der Waals surface area contributed by atoms with Crippen LogP contribution in [0.3, 0.4) is 0 Å². The number of rotatable bonds is 3. The van der Waals surface area contributed by atoms with Crippen LogP contribution in [-0.4, -0.2) is 36.5 Å². The van der Waals surface area contributed by atoms with Crippen LogP contribution in [0.15, 0.2) is 30.3 Å². The molecule has 5 nitrogen and oxygen atoms in total. The molecule has 2 bridgehead atoms. The van der Waals surface area contributed by atoms with Crippen LogP contribution in [0, 0.1) is 16.7 Å². The zero-order valence-corrected chi connectivity index (χ0v) is 15.6. The lowest BCUT2D eigenvalue weighted by Gasteiger charge is -2.37. The molecule has 1 amide bonds. The van der Waals surface area contributed by atoms with Crippen molar-refractivity contribution >= 4 is 15.9 Å². The van der Waals surface area contributed by atoms with Gasteiger partial charge in [0.15, 0.2) is 0 Å². The summed E-state index contributed by atoms with van der Waals surface area (Å²) in [5.41, 5.74) is 6.76. The number of carbonyl (C=O) groups excluding carboxylic acids is 1. The Labute approximate surface area is 149 Å². The summed E-state index contributed by atoms with van der Waals surface area (Å²) in [6, 6.07) is 8.49. The molecular formula is C19H26N2O3S. The third-order valence-electron chi connectivity index (χ3n) is 7.24. The average Bonchev–Trinajstić information content (AvgIpc) is 3.02. The highest BCUT2D eigenvalue weighted by atomic mass is 32.2. The van der Waals surface area contributed by atoms with Crippen molar-refractivity contribution in [3.63, 3.8) is 0 Å². The average molecular weight is 362 g/mol. The van der Waals surface area contributed by atoms with Gasteiger partial charge in [0, 0.05) is 5.41 Å². The first kappa shape index (κ1) is 17.0. The molecule has 0 aromatic heterocycles. The van der Waals surface area contributed by atoms with E-state index in [0.717, 1.165) is 24.8 Å². The molecule has 25 heavy (non-hydrogen) atoms. The number of benzene rings is 1. The first-order valence-corrected chi connectivity index (χ1v) is 10.7. The fraction of sp³-hybridized carbons (Fsp3) is 0.632. The highest BCUT2D eigenvalue weighted by Crippen LogP contribution is 2.69. The van der Waals surface area contributed by atoms with Gasteiger partial charge in [-0.05, 0) is 42.6 Å². The molecule has 4 rings (SSSR count). The molecule has 1 saturated heterocycles. The fourth-order valence-corrected chi connectivity index (χ4v) is 8.28. The Morgan fingerprint density at radius 2 is 2.00 bits per heavy atom. The SMILES string of the molecule is CC1(C)[C@@H]2CC[C@]13CS(=O)(=O)N(C(=O)[C@H](N)Cc1ccccc1)[C@@H]3C2. The number of hydrogen-bond donors (Lipinski definition) is 1. The predicted octanol–water partition coefficient (Wildman–Crippen LogP) is 1.92. The number of hydrogen-bond acceptors (Lipinski definition) is 4. The summed E-state index contributed by atoms with van der Waals surface area (Å²) < 4.78 is 27.0. The number of sulfonamides is 1. The molecule has 1 aromatic carbocycles. The Morgan fingerprint density at radius 1 is 1.32 bits per heavy atom. The van der Waals surface area contributed by atoms with Crippen LogP contribution < -0.4 is 5.73 Å². The predicted molar refractivity (Wildman–Crippen MR) is 96.1 cm³/mol. The van der Waals surface area contributed by atoms with E-state index in [1.54, 1.807) is 0 Å². The third-order valence-corrected chi connectivity index (χ3v) is 9.16. The van der Waals surface area contributed by atoms with Crippen molar-refractivity contribution in [2.45, 2.75) is 51.6 Å². The molecule has 2 aliphatic carbocycles. The Hall–Kier alpha value is -1.40. The molecule has 6 heteroatoms. The maximum Gasteiger partial charge on any atom is 0.253 e. The van der Waals surface area contributed by atoms with Crippen molar-refractivity contribution in [3.8, 4) is 0 Å². The quantitative estimate of drug-likeness (QED) is 0.891. The van der Waals surface area contributed by atoms with E-state index in [4.69, 9.17) is 5.73 Å². The van der Waals surface area contributed by atoms with E-state index in [2.05, 4.69) is 13.8 Å². The van der Waals surface area contributed by atoms with E-state index in [0.29, 0.717) is 12.3 Å². The summed E-state index contributed by atoms with van der Waals surface area (Å²) in [5.74, 6) is 0.153. The summed E-state index contributed by atoms with van der Waals surface area (Å²) in [7, 11) is -3.59. The van der Waals surface area contributed by atoms with Gasteiger partial charge in [0.05, 0.1) is 17.8 Å². The molecule has 0 radical (unpaired) electrons. The van der Waals surface area contributed by atoms with Crippen LogP contribution in [0.4, 0.5) is 0 Å². The number of amides is 1. The van der Waals surface area contributed by atoms with Gasteiger partial charge in [-0.2, -0.15) is 0 Å². The highest BCUT2D eigenvalue weighted by Gasteiger charge is 2.72. The molecule has 3 fully saturated rings. The van der Waals surface area contributed by atoms with Crippen molar-refractivity contribution in [2.75, 3.05) is 5.75 Å². The second-order valence-electron chi connectivity index (χ2n) is 8.55. The molecule has 3 aliphatic rings. The summed E-state index contributed by atoms with van der Waals surface area (Å²) in [4.78, 5) is 13.0. The van der Waals surface area contributed by atoms with Gasteiger partial charge in [0.25, 0.3) is 5.91 Å². The highest BCUT2D eigenvalue weighted by molar-refractivity contribution is 7.90. The van der Waals surface area contributed by atoms with Crippen LogP contribution in [0.5, 0.6) is 0 Å². The lowest BCUT2D eigenvalue weighted by Crippen LogP contribution is -2.50. The molecule has 0 unspecified atom stereocenters. The minimum Gasteiger partial charge on any atom is -0.320 e. The number of nitrogens with zero attached hydrogens (tertiary/aromatic N) is 1. The number of fused-ring (bicyclic) bond motifs is 1. The van der Waals surface area contributed by atoms with Crippen LogP contribution in [0.1, 0.15) is 38.7 Å². The Bertz CT molecular complexity index is 805. The molecule has 4 atom stereocenters. The van der Waals surface area contributed by atoms with E-state index in [9.17, 15) is 13.2 Å². The summed E-state index contributed by atoms with van der Waals surface area (Å²) >= 11 is 0. The topological polar surface area (TPSA) is 80.5 Å². The zero-order chi connectivity index (χ0) is 18.0. The molecule has 1 spiro atoms. The molecule has 1 aromatic rings. The van der Waals surface area contributed by atoms with Crippen LogP contribution in [0.25, 0.3) is 0 Å². The van der Waals surface area contributed by atoms with Crippen molar-refractivity contribution in [1.82, 2.24) is 4.31 Å². The summed E-state index contributed by atoms with van der Waals surface area (Å²) in [6.07, 6.45) is 3.11. The molecule has 1 heterocycles. The Morgan fingerprint density at radius 3 is 2.64 bits per heavy atom. The van der Waals surface area contributed by atoms with Gasteiger partial charge in [-0.1, -0.05) is 44.2 Å². The second kappa shape index (κ2) is 5.30. The molecule has 2 N–H and O–H groups in total. The molecule has 136 valence electrons. The molecule has 1 aliphatic heterocycles. The van der Waals surface area contributed by atoms with Gasteiger partial charge in [0.2, 0.25) is 10.0 Å². The smallest absolute Gasteiger partial charge is 0.253 e. The minimum atomic E-state index is -3.59. The third kappa shape index (κ3) is 2.23. The van der Waals surface area contributed by atoms with Gasteiger partial charge in [-0.15, -0.1) is 0 Å². The lowest BCUT2D eigenvalue weighted by atomic mass is 9.69. The summed E-state index contributed by atoms with van der Waals surface area (Å²) in [6.45, 7) is 4.36. The van der Waals surface area contributed by atoms with Crippen molar-refractivity contribution in [3.05, 3.63) is 35.9 Å². The lowest BCUT2D eigenvalue weighted by molar-refractivity contribution is -0.130. The van der Waals surface area contributed by atoms with Crippen molar-refractivity contribution < 1.29 is 13.2 Å². The Balaban J connectivity index is 1.63. The van der Waals surface area contributed by atoms with Gasteiger partial charge in [-0.25, -0.2) is 12.7 Å². The van der Waals surface area contributed by atoms with Gasteiger partial charge in [-0.3, -0.25) is 4.79 Å². The van der Waals surface area contributed by atoms with Gasteiger partial charge >= 0.3 is 0 Å². The van der Waals surface area contributed by atoms with Gasteiger partial charge < -0.3 is 5.73 Å².